The van der Waals surface area contributed by atoms with E-state index in [2.05, 4.69) is 10.3 Å². The van der Waals surface area contributed by atoms with Crippen LogP contribution in [0.2, 0.25) is 0 Å². The second kappa shape index (κ2) is 6.12. The van der Waals surface area contributed by atoms with Gasteiger partial charge < -0.3 is 10.1 Å². The fourth-order valence-electron chi connectivity index (χ4n) is 1.65. The largest absolute Gasteiger partial charge is 0.487 e. The van der Waals surface area contributed by atoms with Gasteiger partial charge in [-0.1, -0.05) is 18.2 Å². The van der Waals surface area contributed by atoms with Crippen LogP contribution in [0.25, 0.3) is 0 Å². The predicted molar refractivity (Wildman–Crippen MR) is 67.7 cm³/mol. The minimum Gasteiger partial charge on any atom is -0.487 e. The number of pyridine rings is 1. The van der Waals surface area contributed by atoms with Crippen LogP contribution in [-0.2, 0) is 13.2 Å². The van der Waals surface area contributed by atoms with E-state index in [1.807, 2.05) is 13.1 Å². The van der Waals surface area contributed by atoms with Crippen molar-refractivity contribution >= 4 is 0 Å². The summed E-state index contributed by atoms with van der Waals surface area (Å²) in [4.78, 5) is 4.02. The van der Waals surface area contributed by atoms with Crippen LogP contribution in [0.4, 0.5) is 4.39 Å². The number of nitrogens with zero attached hydrogens (tertiary/aromatic N) is 1. The molecule has 2 rings (SSSR count). The van der Waals surface area contributed by atoms with Crippen LogP contribution >= 0.6 is 0 Å². The molecule has 0 spiro atoms. The number of hydrogen-bond donors (Lipinski definition) is 1. The lowest BCUT2D eigenvalue weighted by atomic mass is 10.2. The first-order valence-electron chi connectivity index (χ1n) is 5.75. The van der Waals surface area contributed by atoms with Crippen LogP contribution in [0, 0.1) is 5.82 Å². The van der Waals surface area contributed by atoms with Crippen molar-refractivity contribution in [3.8, 4) is 5.75 Å². The summed E-state index contributed by atoms with van der Waals surface area (Å²) < 4.78 is 19.0. The summed E-state index contributed by atoms with van der Waals surface area (Å²) in [6.45, 7) is 0.893. The van der Waals surface area contributed by atoms with Crippen molar-refractivity contribution < 1.29 is 9.13 Å². The van der Waals surface area contributed by atoms with E-state index in [1.165, 1.54) is 6.07 Å². The van der Waals surface area contributed by atoms with Crippen molar-refractivity contribution in [1.82, 2.24) is 10.3 Å². The highest BCUT2D eigenvalue weighted by atomic mass is 19.1. The summed E-state index contributed by atoms with van der Waals surface area (Å²) in [5.74, 6) is 0.423. The molecule has 0 amide bonds. The third kappa shape index (κ3) is 3.05. The van der Waals surface area contributed by atoms with Crippen LogP contribution in [-0.4, -0.2) is 12.0 Å². The van der Waals surface area contributed by atoms with Gasteiger partial charge in [0.25, 0.3) is 0 Å². The highest BCUT2D eigenvalue weighted by Crippen LogP contribution is 2.18. The van der Waals surface area contributed by atoms with Crippen molar-refractivity contribution in [1.29, 1.82) is 0 Å². The van der Waals surface area contributed by atoms with Crippen LogP contribution in [0.15, 0.2) is 42.7 Å². The second-order valence-corrected chi connectivity index (χ2v) is 3.89. The summed E-state index contributed by atoms with van der Waals surface area (Å²) in [7, 11) is 1.86. The van der Waals surface area contributed by atoms with E-state index in [-0.39, 0.29) is 12.4 Å². The number of rotatable bonds is 5. The smallest absolute Gasteiger partial charge is 0.142 e. The van der Waals surface area contributed by atoms with Gasteiger partial charge in [0, 0.05) is 23.9 Å². The lowest BCUT2D eigenvalue weighted by molar-refractivity contribution is 0.295. The third-order valence-corrected chi connectivity index (χ3v) is 2.58. The molecule has 0 fully saturated rings. The first-order chi connectivity index (χ1) is 8.81. The maximum absolute atomic E-state index is 13.4. The second-order valence-electron chi connectivity index (χ2n) is 3.89. The number of ether oxygens (including phenoxy) is 1. The van der Waals surface area contributed by atoms with Crippen molar-refractivity contribution in [2.24, 2.45) is 0 Å². The van der Waals surface area contributed by atoms with E-state index in [4.69, 9.17) is 4.74 Å². The van der Waals surface area contributed by atoms with Crippen molar-refractivity contribution in [2.75, 3.05) is 7.05 Å². The van der Waals surface area contributed by atoms with Gasteiger partial charge in [0.15, 0.2) is 0 Å². The molecule has 0 radical (unpaired) electrons. The van der Waals surface area contributed by atoms with Gasteiger partial charge in [-0.25, -0.2) is 4.39 Å². The Labute approximate surface area is 106 Å². The van der Waals surface area contributed by atoms with Gasteiger partial charge >= 0.3 is 0 Å². The Morgan fingerprint density at radius 2 is 2.06 bits per heavy atom. The zero-order valence-electron chi connectivity index (χ0n) is 10.2. The molecule has 18 heavy (non-hydrogen) atoms. The summed E-state index contributed by atoms with van der Waals surface area (Å²) >= 11 is 0. The average molecular weight is 246 g/mol. The van der Waals surface area contributed by atoms with Crippen molar-refractivity contribution in [3.05, 3.63) is 59.7 Å². The number of nitrogens with one attached hydrogen (secondary N) is 1. The fraction of sp³-hybridized carbons (Fsp3) is 0.214. The van der Waals surface area contributed by atoms with Crippen LogP contribution in [0.3, 0.4) is 0 Å². The molecule has 0 unspecified atom stereocenters. The summed E-state index contributed by atoms with van der Waals surface area (Å²) in [5.41, 5.74) is 1.54. The van der Waals surface area contributed by atoms with Crippen molar-refractivity contribution in [3.63, 3.8) is 0 Å². The number of hydrogen-bond acceptors (Lipinski definition) is 3. The SMILES string of the molecule is CNCc1ccncc1OCc1ccccc1F. The maximum Gasteiger partial charge on any atom is 0.142 e. The first kappa shape index (κ1) is 12.5. The molecule has 0 aliphatic heterocycles. The molecule has 0 saturated heterocycles. The van der Waals surface area contributed by atoms with Gasteiger partial charge in [0.1, 0.15) is 18.2 Å². The fourth-order valence-corrected chi connectivity index (χ4v) is 1.65. The molecule has 0 aliphatic carbocycles. The summed E-state index contributed by atoms with van der Waals surface area (Å²) in [6.07, 6.45) is 3.36. The average Bonchev–Trinajstić information content (AvgIpc) is 2.40. The lowest BCUT2D eigenvalue weighted by Crippen LogP contribution is -2.08. The van der Waals surface area contributed by atoms with Crippen LogP contribution in [0.5, 0.6) is 5.75 Å². The minimum absolute atomic E-state index is 0.203. The van der Waals surface area contributed by atoms with Gasteiger partial charge in [-0.05, 0) is 19.2 Å². The van der Waals surface area contributed by atoms with E-state index in [0.29, 0.717) is 17.9 Å². The van der Waals surface area contributed by atoms with E-state index >= 15 is 0 Å². The van der Waals surface area contributed by atoms with E-state index in [9.17, 15) is 4.39 Å². The van der Waals surface area contributed by atoms with Gasteiger partial charge in [0.05, 0.1) is 6.20 Å². The minimum atomic E-state index is -0.253. The molecule has 1 N–H and O–H groups in total. The molecular weight excluding hydrogens is 231 g/mol. The Bertz CT molecular complexity index is 517. The van der Waals surface area contributed by atoms with E-state index < -0.39 is 0 Å². The molecule has 4 heteroatoms. The van der Waals surface area contributed by atoms with Gasteiger partial charge in [-0.3, -0.25) is 4.98 Å². The molecule has 3 nitrogen and oxygen atoms in total. The van der Waals surface area contributed by atoms with Crippen LogP contribution < -0.4 is 10.1 Å². The van der Waals surface area contributed by atoms with Crippen molar-refractivity contribution in [2.45, 2.75) is 13.2 Å². The highest BCUT2D eigenvalue weighted by Gasteiger charge is 2.05. The first-order valence-corrected chi connectivity index (χ1v) is 5.75. The van der Waals surface area contributed by atoms with E-state index in [0.717, 1.165) is 5.56 Å². The topological polar surface area (TPSA) is 34.2 Å². The zero-order valence-corrected chi connectivity index (χ0v) is 10.2. The van der Waals surface area contributed by atoms with Gasteiger partial charge in [-0.15, -0.1) is 0 Å². The van der Waals surface area contributed by atoms with Gasteiger partial charge in [0.2, 0.25) is 0 Å². The standard InChI is InChI=1S/C14H15FN2O/c1-16-8-11-6-7-17-9-14(11)18-10-12-4-2-3-5-13(12)15/h2-7,9,16H,8,10H2,1H3. The summed E-state index contributed by atoms with van der Waals surface area (Å²) in [6, 6.07) is 8.47. The quantitative estimate of drug-likeness (QED) is 0.880. The number of halogens is 1. The van der Waals surface area contributed by atoms with Gasteiger partial charge in [-0.2, -0.15) is 0 Å². The molecule has 94 valence electrons. The number of aromatic nitrogens is 1. The third-order valence-electron chi connectivity index (χ3n) is 2.58. The Hall–Kier alpha value is -1.94. The lowest BCUT2D eigenvalue weighted by Gasteiger charge is -2.11. The molecule has 0 saturated carbocycles. The molecule has 1 aromatic carbocycles. The normalized spacial score (nSPS) is 10.3. The maximum atomic E-state index is 13.4. The Balaban J connectivity index is 2.08. The molecule has 0 atom stereocenters. The molecule has 0 aliphatic rings. The Kier molecular flexibility index (Phi) is 4.25. The number of benzene rings is 1. The van der Waals surface area contributed by atoms with E-state index in [1.54, 1.807) is 30.6 Å². The Morgan fingerprint density at radius 3 is 2.83 bits per heavy atom. The molecular formula is C14H15FN2O. The molecule has 2 aromatic rings. The highest BCUT2D eigenvalue weighted by molar-refractivity contribution is 5.30. The predicted octanol–water partition coefficient (Wildman–Crippen LogP) is 2.52. The zero-order chi connectivity index (χ0) is 12.8. The molecule has 1 aromatic heterocycles. The molecule has 1 heterocycles. The Morgan fingerprint density at radius 1 is 1.22 bits per heavy atom. The monoisotopic (exact) mass is 246 g/mol. The molecule has 0 bridgehead atoms. The summed E-state index contributed by atoms with van der Waals surface area (Å²) in [5, 5.41) is 3.05. The van der Waals surface area contributed by atoms with Crippen LogP contribution in [0.1, 0.15) is 11.1 Å².